The van der Waals surface area contributed by atoms with Crippen LogP contribution in [-0.2, 0) is 11.2 Å². The Morgan fingerprint density at radius 1 is 1.64 bits per heavy atom. The fraction of sp³-hybridized carbons (Fsp3) is 0.333. The molecule has 74 valence electrons. The van der Waals surface area contributed by atoms with Gasteiger partial charge in [0.2, 0.25) is 0 Å². The predicted octanol–water partition coefficient (Wildman–Crippen LogP) is -0.0798. The molecule has 1 aromatic heterocycles. The Morgan fingerprint density at radius 2 is 2.21 bits per heavy atom. The molecule has 5 nitrogen and oxygen atoms in total. The van der Waals surface area contributed by atoms with Crippen LogP contribution < -0.4 is 0 Å². The molecule has 1 heterocycles. The van der Waals surface area contributed by atoms with Crippen LogP contribution in [0.4, 0.5) is 0 Å². The van der Waals surface area contributed by atoms with Gasteiger partial charge in [-0.3, -0.25) is 4.79 Å². The molecule has 0 amide bonds. The average Bonchev–Trinajstić information content (AvgIpc) is 2.17. The predicted molar refractivity (Wildman–Crippen MR) is 49.4 cm³/mol. The smallest absolute Gasteiger partial charge is 0.186 e. The Labute approximate surface area is 81.5 Å². The molecule has 0 aromatic carbocycles. The highest BCUT2D eigenvalue weighted by atomic mass is 16.3. The summed E-state index contributed by atoms with van der Waals surface area (Å²) in [5, 5.41) is 9.72. The van der Waals surface area contributed by atoms with E-state index in [1.165, 1.54) is 19.6 Å². The molecular weight excluding hydrogens is 182 g/mol. The van der Waals surface area contributed by atoms with E-state index in [1.54, 1.807) is 0 Å². The molecule has 1 aromatic rings. The van der Waals surface area contributed by atoms with Crippen molar-refractivity contribution in [2.24, 2.45) is 0 Å². The molecular formula is C9H11N3O2. The van der Waals surface area contributed by atoms with Crippen molar-refractivity contribution in [1.82, 2.24) is 15.0 Å². The van der Waals surface area contributed by atoms with Crippen LogP contribution >= 0.6 is 0 Å². The van der Waals surface area contributed by atoms with Crippen molar-refractivity contribution in [3.05, 3.63) is 31.1 Å². The number of hydrogen-bond donors (Lipinski definition) is 1. The molecule has 1 rings (SSSR count). The third-order valence-corrected chi connectivity index (χ3v) is 1.77. The summed E-state index contributed by atoms with van der Waals surface area (Å²) in [6.45, 7) is 4.71. The molecule has 0 saturated carbocycles. The van der Waals surface area contributed by atoms with Crippen LogP contribution in [0, 0.1) is 0 Å². The van der Waals surface area contributed by atoms with Crippen molar-refractivity contribution >= 4 is 5.78 Å². The van der Waals surface area contributed by atoms with Gasteiger partial charge in [-0.2, -0.15) is 0 Å². The molecule has 0 radical (unpaired) electrons. The molecule has 0 spiro atoms. The molecule has 1 N–H and O–H groups in total. The van der Waals surface area contributed by atoms with Crippen LogP contribution in [-0.4, -0.2) is 31.4 Å². The highest BCUT2D eigenvalue weighted by molar-refractivity contribution is 5.96. The highest BCUT2D eigenvalue weighted by Crippen LogP contribution is 2.10. The lowest BCUT2D eigenvalue weighted by Crippen LogP contribution is -2.36. The van der Waals surface area contributed by atoms with Crippen LogP contribution in [0.3, 0.4) is 0 Å². The number of hydrogen-bond acceptors (Lipinski definition) is 5. The Hall–Kier alpha value is -1.62. The first-order chi connectivity index (χ1) is 6.56. The zero-order valence-corrected chi connectivity index (χ0v) is 7.84. The van der Waals surface area contributed by atoms with Gasteiger partial charge in [0.25, 0.3) is 0 Å². The second-order valence-electron chi connectivity index (χ2n) is 3.07. The maximum atomic E-state index is 11.2. The van der Waals surface area contributed by atoms with Gasteiger partial charge in [-0.25, -0.2) is 15.0 Å². The van der Waals surface area contributed by atoms with Gasteiger partial charge in [0.1, 0.15) is 24.1 Å². The molecule has 0 aliphatic carbocycles. The van der Waals surface area contributed by atoms with E-state index in [1.807, 2.05) is 0 Å². The second kappa shape index (κ2) is 4.06. The number of carbonyl (C=O) groups is 1. The molecule has 0 aliphatic rings. The summed E-state index contributed by atoms with van der Waals surface area (Å²) >= 11 is 0. The van der Waals surface area contributed by atoms with E-state index in [-0.39, 0.29) is 6.42 Å². The average molecular weight is 193 g/mol. The van der Waals surface area contributed by atoms with E-state index in [4.69, 9.17) is 0 Å². The monoisotopic (exact) mass is 193 g/mol. The first kappa shape index (κ1) is 10.5. The first-order valence-corrected chi connectivity index (χ1v) is 4.06. The Balaban J connectivity index is 2.78. The molecule has 5 heteroatoms. The lowest BCUT2D eigenvalue weighted by Gasteiger charge is -2.18. The minimum absolute atomic E-state index is 0.0559. The molecule has 0 saturated heterocycles. The number of rotatable bonds is 4. The SMILES string of the molecule is C=CC(=O)C(C)(O)Cc1ncncn1. The quantitative estimate of drug-likeness (QED) is 0.677. The standard InChI is InChI=1S/C9H11N3O2/c1-3-7(13)9(2,14)4-8-11-5-10-6-12-8/h3,5-6,14H,1,4H2,2H3. The fourth-order valence-electron chi connectivity index (χ4n) is 0.969. The zero-order valence-electron chi connectivity index (χ0n) is 7.84. The molecule has 0 bridgehead atoms. The van der Waals surface area contributed by atoms with E-state index in [0.717, 1.165) is 6.08 Å². The number of aromatic nitrogens is 3. The van der Waals surface area contributed by atoms with Crippen LogP contribution in [0.1, 0.15) is 12.7 Å². The summed E-state index contributed by atoms with van der Waals surface area (Å²) in [4.78, 5) is 22.5. The lowest BCUT2D eigenvalue weighted by atomic mass is 9.96. The van der Waals surface area contributed by atoms with Gasteiger partial charge in [0, 0.05) is 6.42 Å². The minimum atomic E-state index is -1.50. The van der Waals surface area contributed by atoms with Gasteiger partial charge in [-0.05, 0) is 13.0 Å². The van der Waals surface area contributed by atoms with Gasteiger partial charge >= 0.3 is 0 Å². The Morgan fingerprint density at radius 3 is 2.71 bits per heavy atom. The number of aliphatic hydroxyl groups is 1. The number of ketones is 1. The van der Waals surface area contributed by atoms with Crippen LogP contribution in [0.5, 0.6) is 0 Å². The van der Waals surface area contributed by atoms with Crippen molar-refractivity contribution in [2.75, 3.05) is 0 Å². The van der Waals surface area contributed by atoms with E-state index < -0.39 is 11.4 Å². The zero-order chi connectivity index (χ0) is 10.6. The summed E-state index contributed by atoms with van der Waals surface area (Å²) in [6.07, 6.45) is 3.77. The van der Waals surface area contributed by atoms with Gasteiger partial charge in [-0.15, -0.1) is 0 Å². The van der Waals surface area contributed by atoms with Gasteiger partial charge in [0.15, 0.2) is 5.78 Å². The third-order valence-electron chi connectivity index (χ3n) is 1.77. The van der Waals surface area contributed by atoms with E-state index in [9.17, 15) is 9.90 Å². The second-order valence-corrected chi connectivity index (χ2v) is 3.07. The molecule has 1 unspecified atom stereocenters. The maximum absolute atomic E-state index is 11.2. The summed E-state index contributed by atoms with van der Waals surface area (Å²) in [5.74, 6) is -0.0712. The molecule has 14 heavy (non-hydrogen) atoms. The number of nitrogens with zero attached hydrogens (tertiary/aromatic N) is 3. The van der Waals surface area contributed by atoms with Crippen LogP contribution in [0.25, 0.3) is 0 Å². The molecule has 0 fully saturated rings. The van der Waals surface area contributed by atoms with Gasteiger partial charge < -0.3 is 5.11 Å². The van der Waals surface area contributed by atoms with Crippen LogP contribution in [0.15, 0.2) is 25.3 Å². The first-order valence-electron chi connectivity index (χ1n) is 4.06. The lowest BCUT2D eigenvalue weighted by molar-refractivity contribution is -0.130. The van der Waals surface area contributed by atoms with Crippen molar-refractivity contribution in [1.29, 1.82) is 0 Å². The van der Waals surface area contributed by atoms with Crippen molar-refractivity contribution in [3.8, 4) is 0 Å². The third kappa shape index (κ3) is 2.43. The molecule has 0 aliphatic heterocycles. The van der Waals surface area contributed by atoms with E-state index in [2.05, 4.69) is 21.5 Å². The van der Waals surface area contributed by atoms with Crippen molar-refractivity contribution in [2.45, 2.75) is 18.9 Å². The topological polar surface area (TPSA) is 76.0 Å². The largest absolute Gasteiger partial charge is 0.382 e. The molecule has 1 atom stereocenters. The van der Waals surface area contributed by atoms with Crippen LogP contribution in [0.2, 0.25) is 0 Å². The Bertz CT molecular complexity index is 335. The summed E-state index contributed by atoms with van der Waals surface area (Å²) < 4.78 is 0. The highest BCUT2D eigenvalue weighted by Gasteiger charge is 2.28. The summed E-state index contributed by atoms with van der Waals surface area (Å²) in [7, 11) is 0. The normalized spacial score (nSPS) is 14.4. The fourth-order valence-corrected chi connectivity index (χ4v) is 0.969. The van der Waals surface area contributed by atoms with E-state index >= 15 is 0 Å². The van der Waals surface area contributed by atoms with Crippen molar-refractivity contribution in [3.63, 3.8) is 0 Å². The summed E-state index contributed by atoms with van der Waals surface area (Å²) in [5.41, 5.74) is -1.50. The van der Waals surface area contributed by atoms with Crippen molar-refractivity contribution < 1.29 is 9.90 Å². The van der Waals surface area contributed by atoms with Gasteiger partial charge in [-0.1, -0.05) is 6.58 Å². The summed E-state index contributed by atoms with van der Waals surface area (Å²) in [6, 6.07) is 0. The van der Waals surface area contributed by atoms with Gasteiger partial charge in [0.05, 0.1) is 0 Å². The minimum Gasteiger partial charge on any atom is -0.382 e. The maximum Gasteiger partial charge on any atom is 0.186 e. The Kier molecular flexibility index (Phi) is 3.03. The van der Waals surface area contributed by atoms with E-state index in [0.29, 0.717) is 5.82 Å². The number of carbonyl (C=O) groups excluding carboxylic acids is 1.